The topological polar surface area (TPSA) is 41.3 Å². The monoisotopic (exact) mass is 349 g/mol. The van der Waals surface area contributed by atoms with Crippen molar-refractivity contribution >= 4 is 11.0 Å². The molecule has 0 aliphatic carbocycles. The van der Waals surface area contributed by atoms with Crippen LogP contribution in [0.1, 0.15) is 37.1 Å². The van der Waals surface area contributed by atoms with E-state index in [4.69, 9.17) is 4.42 Å². The second-order valence-corrected chi connectivity index (χ2v) is 7.30. The van der Waals surface area contributed by atoms with Gasteiger partial charge in [-0.25, -0.2) is 0 Å². The van der Waals surface area contributed by atoms with Gasteiger partial charge in [-0.1, -0.05) is 18.2 Å². The van der Waals surface area contributed by atoms with Crippen LogP contribution in [-0.4, -0.2) is 35.6 Å². The molecular formula is C22H27N3O. The third-order valence-corrected chi connectivity index (χ3v) is 5.41. The Hall–Kier alpha value is -2.17. The molecule has 1 aliphatic heterocycles. The molecule has 0 amide bonds. The van der Waals surface area contributed by atoms with E-state index in [1.807, 2.05) is 24.5 Å². The molecular weight excluding hydrogens is 322 g/mol. The molecule has 0 radical (unpaired) electrons. The third-order valence-electron chi connectivity index (χ3n) is 5.41. The van der Waals surface area contributed by atoms with Gasteiger partial charge in [0.05, 0.1) is 6.04 Å². The number of likely N-dealkylation sites (tertiary alicyclic amines) is 1. The molecule has 3 aromatic rings. The number of rotatable bonds is 6. The van der Waals surface area contributed by atoms with E-state index in [2.05, 4.69) is 52.5 Å². The summed E-state index contributed by atoms with van der Waals surface area (Å²) in [4.78, 5) is 6.66. The number of para-hydroxylation sites is 1. The van der Waals surface area contributed by atoms with Crippen molar-refractivity contribution in [3.05, 3.63) is 66.2 Å². The van der Waals surface area contributed by atoms with Crippen molar-refractivity contribution in [1.82, 2.24) is 15.2 Å². The maximum atomic E-state index is 6.00. The fourth-order valence-corrected chi connectivity index (χ4v) is 3.81. The lowest BCUT2D eigenvalue weighted by Crippen LogP contribution is -2.43. The highest BCUT2D eigenvalue weighted by atomic mass is 16.3. The summed E-state index contributed by atoms with van der Waals surface area (Å²) < 4.78 is 6.00. The predicted molar refractivity (Wildman–Crippen MR) is 105 cm³/mol. The minimum atomic E-state index is 0.246. The van der Waals surface area contributed by atoms with Gasteiger partial charge in [0.25, 0.3) is 0 Å². The van der Waals surface area contributed by atoms with E-state index in [9.17, 15) is 0 Å². The Morgan fingerprint density at radius 3 is 2.69 bits per heavy atom. The summed E-state index contributed by atoms with van der Waals surface area (Å²) in [7, 11) is 0. The number of furan rings is 1. The molecule has 26 heavy (non-hydrogen) atoms. The number of nitrogens with one attached hydrogen (secondary N) is 1. The van der Waals surface area contributed by atoms with Crippen molar-refractivity contribution in [1.29, 1.82) is 0 Å². The van der Waals surface area contributed by atoms with Crippen molar-refractivity contribution in [2.45, 2.75) is 38.3 Å². The molecule has 0 bridgehead atoms. The molecule has 0 saturated carbocycles. The second kappa shape index (κ2) is 8.02. The minimum absolute atomic E-state index is 0.246. The van der Waals surface area contributed by atoms with Gasteiger partial charge < -0.3 is 14.6 Å². The van der Waals surface area contributed by atoms with Crippen LogP contribution in [0, 0.1) is 0 Å². The fourth-order valence-electron chi connectivity index (χ4n) is 3.81. The zero-order valence-corrected chi connectivity index (χ0v) is 15.4. The maximum Gasteiger partial charge on any atom is 0.134 e. The average Bonchev–Trinajstić information content (AvgIpc) is 3.13. The molecule has 136 valence electrons. The van der Waals surface area contributed by atoms with Crippen LogP contribution in [0.4, 0.5) is 0 Å². The zero-order valence-electron chi connectivity index (χ0n) is 15.4. The van der Waals surface area contributed by atoms with Gasteiger partial charge in [0.2, 0.25) is 0 Å². The molecule has 3 heterocycles. The van der Waals surface area contributed by atoms with Crippen molar-refractivity contribution < 1.29 is 4.42 Å². The normalized spacial score (nSPS) is 17.6. The number of fused-ring (bicyclic) bond motifs is 1. The number of hydrogen-bond acceptors (Lipinski definition) is 4. The molecule has 1 aromatic carbocycles. The number of aromatic nitrogens is 1. The Labute approximate surface area is 155 Å². The van der Waals surface area contributed by atoms with E-state index < -0.39 is 0 Å². The van der Waals surface area contributed by atoms with Crippen LogP contribution >= 0.6 is 0 Å². The Balaban J connectivity index is 1.25. The first-order valence-corrected chi connectivity index (χ1v) is 9.64. The van der Waals surface area contributed by atoms with Gasteiger partial charge in [-0.15, -0.1) is 0 Å². The lowest BCUT2D eigenvalue weighted by Gasteiger charge is -2.33. The highest BCUT2D eigenvalue weighted by molar-refractivity contribution is 5.77. The lowest BCUT2D eigenvalue weighted by atomic mass is 10.0. The van der Waals surface area contributed by atoms with Gasteiger partial charge in [-0.05, 0) is 69.1 Å². The van der Waals surface area contributed by atoms with Crippen LogP contribution in [0.3, 0.4) is 0 Å². The van der Waals surface area contributed by atoms with E-state index in [1.165, 1.54) is 23.8 Å². The molecule has 1 N–H and O–H groups in total. The summed E-state index contributed by atoms with van der Waals surface area (Å²) in [5.41, 5.74) is 2.35. The van der Waals surface area contributed by atoms with E-state index in [-0.39, 0.29) is 6.04 Å². The smallest absolute Gasteiger partial charge is 0.134 e. The third kappa shape index (κ3) is 4.14. The molecule has 0 unspecified atom stereocenters. The first-order chi connectivity index (χ1) is 12.8. The average molecular weight is 349 g/mol. The SMILES string of the molecule is C[C@@H](NC1CCN(CCc2ccncc2)CC1)c1cc2ccccc2o1. The van der Waals surface area contributed by atoms with Gasteiger partial charge >= 0.3 is 0 Å². The number of pyridine rings is 1. The Morgan fingerprint density at radius 1 is 1.15 bits per heavy atom. The van der Waals surface area contributed by atoms with Crippen molar-refractivity contribution in [3.63, 3.8) is 0 Å². The minimum Gasteiger partial charge on any atom is -0.459 e. The van der Waals surface area contributed by atoms with Gasteiger partial charge in [-0.2, -0.15) is 0 Å². The quantitative estimate of drug-likeness (QED) is 0.725. The summed E-state index contributed by atoms with van der Waals surface area (Å²) in [5.74, 6) is 1.03. The lowest BCUT2D eigenvalue weighted by molar-refractivity contribution is 0.191. The van der Waals surface area contributed by atoms with Gasteiger partial charge in [-0.3, -0.25) is 4.98 Å². The largest absolute Gasteiger partial charge is 0.459 e. The zero-order chi connectivity index (χ0) is 17.8. The van der Waals surface area contributed by atoms with Crippen molar-refractivity contribution in [3.8, 4) is 0 Å². The number of hydrogen-bond donors (Lipinski definition) is 1. The first-order valence-electron chi connectivity index (χ1n) is 9.64. The van der Waals surface area contributed by atoms with Crippen LogP contribution in [0.25, 0.3) is 11.0 Å². The summed E-state index contributed by atoms with van der Waals surface area (Å²) in [5, 5.41) is 4.94. The van der Waals surface area contributed by atoms with E-state index in [1.54, 1.807) is 0 Å². The molecule has 2 aromatic heterocycles. The van der Waals surface area contributed by atoms with Crippen LogP contribution in [-0.2, 0) is 6.42 Å². The van der Waals surface area contributed by atoms with E-state index in [0.29, 0.717) is 6.04 Å². The Morgan fingerprint density at radius 2 is 1.92 bits per heavy atom. The standard InChI is InChI=1S/C22H27N3O/c1-17(22-16-19-4-2-3-5-21(19)26-22)24-20-9-14-25(15-10-20)13-8-18-6-11-23-12-7-18/h2-7,11-12,16-17,20,24H,8-10,13-15H2,1H3/t17-/m1/s1. The Bertz CT molecular complexity index is 789. The highest BCUT2D eigenvalue weighted by Gasteiger charge is 2.22. The molecule has 1 atom stereocenters. The summed E-state index contributed by atoms with van der Waals surface area (Å²) in [6.07, 6.45) is 7.26. The summed E-state index contributed by atoms with van der Waals surface area (Å²) in [6.45, 7) is 5.66. The number of benzene rings is 1. The second-order valence-electron chi connectivity index (χ2n) is 7.30. The molecule has 1 saturated heterocycles. The molecule has 0 spiro atoms. The highest BCUT2D eigenvalue weighted by Crippen LogP contribution is 2.25. The van der Waals surface area contributed by atoms with E-state index in [0.717, 1.165) is 37.4 Å². The number of piperidine rings is 1. The van der Waals surface area contributed by atoms with Crippen LogP contribution in [0.15, 0.2) is 59.3 Å². The van der Waals surface area contributed by atoms with E-state index >= 15 is 0 Å². The van der Waals surface area contributed by atoms with Crippen molar-refractivity contribution in [2.24, 2.45) is 0 Å². The van der Waals surface area contributed by atoms with Gasteiger partial charge in [0, 0.05) is 30.4 Å². The molecule has 1 aliphatic rings. The predicted octanol–water partition coefficient (Wildman–Crippen LogP) is 4.19. The van der Waals surface area contributed by atoms with Gasteiger partial charge in [0.1, 0.15) is 11.3 Å². The molecule has 4 nitrogen and oxygen atoms in total. The summed E-state index contributed by atoms with van der Waals surface area (Å²) in [6, 6.07) is 15.4. The van der Waals surface area contributed by atoms with Crippen LogP contribution in [0.2, 0.25) is 0 Å². The van der Waals surface area contributed by atoms with Crippen molar-refractivity contribution in [2.75, 3.05) is 19.6 Å². The first kappa shape index (κ1) is 17.3. The molecule has 4 heteroatoms. The molecule has 1 fully saturated rings. The summed E-state index contributed by atoms with van der Waals surface area (Å²) >= 11 is 0. The van der Waals surface area contributed by atoms with Crippen LogP contribution < -0.4 is 5.32 Å². The maximum absolute atomic E-state index is 6.00. The Kier molecular flexibility index (Phi) is 5.32. The van der Waals surface area contributed by atoms with Crippen LogP contribution in [0.5, 0.6) is 0 Å². The number of nitrogens with zero attached hydrogens (tertiary/aromatic N) is 2. The molecule has 4 rings (SSSR count). The fraction of sp³-hybridized carbons (Fsp3) is 0.409. The van der Waals surface area contributed by atoms with Gasteiger partial charge in [0.15, 0.2) is 0 Å².